The quantitative estimate of drug-likeness (QED) is 0.591. The standard InChI is InChI=1S/C17H26ClN5O4S/c1-13-15(16(18)21(2)20-13)28(24,25)23-7-4-14(5-8-23)17-19-6-9-22(17)12-27-11-10-26-3/h6,9,14H,4-5,7-8,10-12H2,1-3H3. The van der Waals surface area contributed by atoms with Crippen molar-refractivity contribution in [1.29, 1.82) is 0 Å². The van der Waals surface area contributed by atoms with Crippen molar-refractivity contribution in [3.8, 4) is 0 Å². The second kappa shape index (κ2) is 8.91. The lowest BCUT2D eigenvalue weighted by molar-refractivity contribution is 0.0321. The first kappa shape index (κ1) is 21.3. The van der Waals surface area contributed by atoms with Gasteiger partial charge in [0.25, 0.3) is 0 Å². The largest absolute Gasteiger partial charge is 0.382 e. The highest BCUT2D eigenvalue weighted by Gasteiger charge is 2.35. The summed E-state index contributed by atoms with van der Waals surface area (Å²) >= 11 is 6.18. The fourth-order valence-corrected chi connectivity index (χ4v) is 5.66. The fraction of sp³-hybridized carbons (Fsp3) is 0.647. The highest BCUT2D eigenvalue weighted by molar-refractivity contribution is 7.89. The Morgan fingerprint density at radius 1 is 1.29 bits per heavy atom. The zero-order valence-corrected chi connectivity index (χ0v) is 17.9. The number of aryl methyl sites for hydroxylation is 2. The van der Waals surface area contributed by atoms with Crippen molar-refractivity contribution < 1.29 is 17.9 Å². The molecule has 11 heteroatoms. The number of piperidine rings is 1. The van der Waals surface area contributed by atoms with Crippen molar-refractivity contribution in [3.05, 3.63) is 29.1 Å². The Hall–Kier alpha value is -1.46. The van der Waals surface area contributed by atoms with E-state index in [1.807, 2.05) is 10.8 Å². The summed E-state index contributed by atoms with van der Waals surface area (Å²) < 4.78 is 41.5. The summed E-state index contributed by atoms with van der Waals surface area (Å²) in [6.07, 6.45) is 5.00. The van der Waals surface area contributed by atoms with Crippen molar-refractivity contribution in [1.82, 2.24) is 23.6 Å². The number of ether oxygens (including phenoxy) is 2. The molecule has 0 saturated carbocycles. The van der Waals surface area contributed by atoms with Crippen LogP contribution in [0.15, 0.2) is 17.3 Å². The SMILES string of the molecule is COCCOCn1ccnc1C1CCN(S(=O)(=O)c2c(C)nn(C)c2Cl)CC1. The zero-order valence-electron chi connectivity index (χ0n) is 16.3. The molecule has 0 bridgehead atoms. The normalized spacial score (nSPS) is 16.7. The summed E-state index contributed by atoms with van der Waals surface area (Å²) in [4.78, 5) is 4.57. The smallest absolute Gasteiger partial charge is 0.248 e. The minimum atomic E-state index is -3.67. The highest BCUT2D eigenvalue weighted by Crippen LogP contribution is 2.33. The number of rotatable bonds is 8. The molecule has 1 fully saturated rings. The maximum Gasteiger partial charge on any atom is 0.248 e. The summed E-state index contributed by atoms with van der Waals surface area (Å²) in [5, 5.41) is 4.27. The number of nitrogens with zero attached hydrogens (tertiary/aromatic N) is 5. The van der Waals surface area contributed by atoms with Crippen LogP contribution in [0.4, 0.5) is 0 Å². The number of halogens is 1. The molecule has 156 valence electrons. The molecule has 1 saturated heterocycles. The van der Waals surface area contributed by atoms with Gasteiger partial charge in [0.05, 0.1) is 18.9 Å². The molecule has 28 heavy (non-hydrogen) atoms. The predicted octanol–water partition coefficient (Wildman–Crippen LogP) is 1.77. The van der Waals surface area contributed by atoms with E-state index < -0.39 is 10.0 Å². The van der Waals surface area contributed by atoms with Gasteiger partial charge in [-0.15, -0.1) is 0 Å². The first-order valence-electron chi connectivity index (χ1n) is 9.13. The van der Waals surface area contributed by atoms with Crippen LogP contribution in [0.1, 0.15) is 30.3 Å². The van der Waals surface area contributed by atoms with Crippen molar-refractivity contribution in [2.75, 3.05) is 33.4 Å². The fourth-order valence-electron chi connectivity index (χ4n) is 3.48. The number of imidazole rings is 1. The molecule has 9 nitrogen and oxygen atoms in total. The molecule has 1 aliphatic rings. The van der Waals surface area contributed by atoms with E-state index in [1.165, 1.54) is 8.99 Å². The van der Waals surface area contributed by atoms with Gasteiger partial charge >= 0.3 is 0 Å². The number of sulfonamides is 1. The first-order valence-corrected chi connectivity index (χ1v) is 10.9. The summed E-state index contributed by atoms with van der Waals surface area (Å²) in [6, 6.07) is 0. The zero-order chi connectivity index (χ0) is 20.3. The molecule has 0 amide bonds. The second-order valence-electron chi connectivity index (χ2n) is 6.79. The Morgan fingerprint density at radius 2 is 2.00 bits per heavy atom. The van der Waals surface area contributed by atoms with E-state index in [9.17, 15) is 8.42 Å². The van der Waals surface area contributed by atoms with Crippen LogP contribution in [0.2, 0.25) is 5.15 Å². The lowest BCUT2D eigenvalue weighted by atomic mass is 9.97. The molecular formula is C17H26ClN5O4S. The van der Waals surface area contributed by atoms with E-state index in [4.69, 9.17) is 21.1 Å². The van der Waals surface area contributed by atoms with E-state index in [0.717, 1.165) is 5.82 Å². The highest BCUT2D eigenvalue weighted by atomic mass is 35.5. The molecule has 0 N–H and O–H groups in total. The molecule has 3 rings (SSSR count). The van der Waals surface area contributed by atoms with Crippen LogP contribution in [0.25, 0.3) is 0 Å². The van der Waals surface area contributed by atoms with Gasteiger partial charge in [-0.25, -0.2) is 13.4 Å². The Labute approximate surface area is 170 Å². The van der Waals surface area contributed by atoms with Crippen molar-refractivity contribution in [2.45, 2.75) is 37.3 Å². The van der Waals surface area contributed by atoms with Crippen LogP contribution in [-0.2, 0) is 33.3 Å². The maximum absolute atomic E-state index is 13.0. The number of hydrogen-bond donors (Lipinski definition) is 0. The van der Waals surface area contributed by atoms with Gasteiger partial charge in [-0.2, -0.15) is 9.40 Å². The molecule has 2 aromatic rings. The van der Waals surface area contributed by atoms with Crippen molar-refractivity contribution >= 4 is 21.6 Å². The molecule has 0 aliphatic carbocycles. The Bertz CT molecular complexity index is 903. The minimum absolute atomic E-state index is 0.100. The summed E-state index contributed by atoms with van der Waals surface area (Å²) in [5.74, 6) is 1.10. The van der Waals surface area contributed by atoms with Crippen molar-refractivity contribution in [2.24, 2.45) is 7.05 Å². The average Bonchev–Trinajstić information content (AvgIpc) is 3.23. The van der Waals surface area contributed by atoms with Gasteiger partial charge in [-0.05, 0) is 19.8 Å². The third-order valence-electron chi connectivity index (χ3n) is 4.93. The minimum Gasteiger partial charge on any atom is -0.382 e. The van der Waals surface area contributed by atoms with Crippen LogP contribution in [-0.4, -0.2) is 65.5 Å². The summed E-state index contributed by atoms with van der Waals surface area (Å²) in [6.45, 7) is 3.93. The molecule has 0 aromatic carbocycles. The number of hydrogen-bond acceptors (Lipinski definition) is 6. The van der Waals surface area contributed by atoms with Crippen LogP contribution in [0, 0.1) is 6.92 Å². The summed E-state index contributed by atoms with van der Waals surface area (Å²) in [7, 11) is -0.406. The van der Waals surface area contributed by atoms with E-state index in [2.05, 4.69) is 10.1 Å². The Balaban J connectivity index is 1.66. The van der Waals surface area contributed by atoms with Gasteiger partial charge in [0, 0.05) is 45.6 Å². The predicted molar refractivity (Wildman–Crippen MR) is 104 cm³/mol. The Morgan fingerprint density at radius 3 is 2.61 bits per heavy atom. The molecule has 2 aromatic heterocycles. The topological polar surface area (TPSA) is 91.5 Å². The third-order valence-corrected chi connectivity index (χ3v) is 7.52. The van der Waals surface area contributed by atoms with Gasteiger partial charge in [0.15, 0.2) is 0 Å². The molecule has 0 spiro atoms. The van der Waals surface area contributed by atoms with Crippen molar-refractivity contribution in [3.63, 3.8) is 0 Å². The molecule has 0 unspecified atom stereocenters. The van der Waals surface area contributed by atoms with Gasteiger partial charge in [0.2, 0.25) is 10.0 Å². The van der Waals surface area contributed by atoms with E-state index in [-0.39, 0.29) is 16.0 Å². The third kappa shape index (κ3) is 4.25. The van der Waals surface area contributed by atoms with Gasteiger partial charge < -0.3 is 14.0 Å². The lowest BCUT2D eigenvalue weighted by Gasteiger charge is -2.31. The van der Waals surface area contributed by atoms with Crippen LogP contribution < -0.4 is 0 Å². The summed E-state index contributed by atoms with van der Waals surface area (Å²) in [5.41, 5.74) is 0.415. The molecular weight excluding hydrogens is 406 g/mol. The number of aromatic nitrogens is 4. The first-order chi connectivity index (χ1) is 13.4. The maximum atomic E-state index is 13.0. The monoisotopic (exact) mass is 431 g/mol. The average molecular weight is 432 g/mol. The second-order valence-corrected chi connectivity index (χ2v) is 9.03. The molecule has 1 aliphatic heterocycles. The molecule has 0 atom stereocenters. The van der Waals surface area contributed by atoms with Gasteiger partial charge in [-0.3, -0.25) is 4.68 Å². The molecule has 0 radical (unpaired) electrons. The lowest BCUT2D eigenvalue weighted by Crippen LogP contribution is -2.38. The van der Waals surface area contributed by atoms with Crippen LogP contribution in [0.3, 0.4) is 0 Å². The molecule has 3 heterocycles. The van der Waals surface area contributed by atoms with Crippen LogP contribution in [0.5, 0.6) is 0 Å². The van der Waals surface area contributed by atoms with E-state index >= 15 is 0 Å². The van der Waals surface area contributed by atoms with E-state index in [1.54, 1.807) is 27.3 Å². The van der Waals surface area contributed by atoms with Crippen LogP contribution >= 0.6 is 11.6 Å². The Kier molecular flexibility index (Phi) is 6.77. The van der Waals surface area contributed by atoms with Gasteiger partial charge in [-0.1, -0.05) is 11.6 Å². The number of methoxy groups -OCH3 is 1. The van der Waals surface area contributed by atoms with Gasteiger partial charge in [0.1, 0.15) is 22.6 Å². The van der Waals surface area contributed by atoms with E-state index in [0.29, 0.717) is 51.6 Å².